The molecule has 2 saturated heterocycles. The molecule has 4 heteroatoms. The molecule has 1 aromatic rings. The van der Waals surface area contributed by atoms with Crippen molar-refractivity contribution in [2.75, 3.05) is 19.6 Å². The van der Waals surface area contributed by atoms with Gasteiger partial charge >= 0.3 is 0 Å². The number of rotatable bonds is 1. The van der Waals surface area contributed by atoms with Gasteiger partial charge in [0.25, 0.3) is 5.91 Å². The van der Waals surface area contributed by atoms with Crippen molar-refractivity contribution in [3.05, 3.63) is 23.7 Å². The van der Waals surface area contributed by atoms with Gasteiger partial charge in [0.05, 0.1) is 11.8 Å². The Hall–Kier alpha value is -1.29. The Balaban J connectivity index is 1.75. The Kier molecular flexibility index (Phi) is 2.24. The maximum Gasteiger partial charge on any atom is 0.257 e. The fraction of sp³-hybridized carbons (Fsp3) is 0.583. The van der Waals surface area contributed by atoms with Crippen LogP contribution in [0.2, 0.25) is 0 Å². The number of carbonyl (C=O) groups is 1. The molecule has 1 N–H and O–H groups in total. The van der Waals surface area contributed by atoms with Crippen LogP contribution in [-0.4, -0.2) is 36.5 Å². The summed E-state index contributed by atoms with van der Waals surface area (Å²) in [5.74, 6) is 1.48. The fourth-order valence-electron chi connectivity index (χ4n) is 2.79. The summed E-state index contributed by atoms with van der Waals surface area (Å²) >= 11 is 0. The minimum Gasteiger partial charge on any atom is -0.469 e. The minimum absolute atomic E-state index is 0.113. The summed E-state index contributed by atoms with van der Waals surface area (Å²) in [5, 5.41) is 3.45. The molecule has 2 atom stereocenters. The second kappa shape index (κ2) is 3.63. The van der Waals surface area contributed by atoms with Gasteiger partial charge in [-0.1, -0.05) is 0 Å². The Morgan fingerprint density at radius 3 is 3.12 bits per heavy atom. The van der Waals surface area contributed by atoms with E-state index in [0.717, 1.165) is 25.4 Å². The number of nitrogens with zero attached hydrogens (tertiary/aromatic N) is 1. The fourth-order valence-corrected chi connectivity index (χ4v) is 2.79. The van der Waals surface area contributed by atoms with Crippen LogP contribution < -0.4 is 5.32 Å². The van der Waals surface area contributed by atoms with Gasteiger partial charge in [-0.15, -0.1) is 0 Å². The highest BCUT2D eigenvalue weighted by atomic mass is 16.3. The van der Waals surface area contributed by atoms with Crippen molar-refractivity contribution in [3.8, 4) is 0 Å². The third kappa shape index (κ3) is 1.45. The Morgan fingerprint density at radius 2 is 2.44 bits per heavy atom. The molecule has 0 aliphatic carbocycles. The molecule has 3 heterocycles. The molecule has 0 aromatic carbocycles. The van der Waals surface area contributed by atoms with Gasteiger partial charge in [-0.25, -0.2) is 0 Å². The summed E-state index contributed by atoms with van der Waals surface area (Å²) in [6.07, 6.45) is 2.77. The predicted octanol–water partition coefficient (Wildman–Crippen LogP) is 1.02. The molecule has 0 radical (unpaired) electrons. The number of nitrogens with one attached hydrogen (secondary N) is 1. The number of amides is 1. The summed E-state index contributed by atoms with van der Waals surface area (Å²) < 4.78 is 5.18. The number of likely N-dealkylation sites (tertiary alicyclic amines) is 1. The van der Waals surface area contributed by atoms with Crippen molar-refractivity contribution in [1.82, 2.24) is 10.2 Å². The zero-order valence-electron chi connectivity index (χ0n) is 9.40. The van der Waals surface area contributed by atoms with E-state index in [9.17, 15) is 4.79 Å². The molecule has 1 aromatic heterocycles. The molecule has 2 aliphatic rings. The van der Waals surface area contributed by atoms with Crippen molar-refractivity contribution in [2.45, 2.75) is 19.4 Å². The van der Waals surface area contributed by atoms with Gasteiger partial charge in [0, 0.05) is 19.1 Å². The molecule has 16 heavy (non-hydrogen) atoms. The smallest absolute Gasteiger partial charge is 0.257 e. The molecule has 1 amide bonds. The van der Waals surface area contributed by atoms with E-state index in [-0.39, 0.29) is 5.91 Å². The van der Waals surface area contributed by atoms with Crippen molar-refractivity contribution >= 4 is 5.91 Å². The van der Waals surface area contributed by atoms with E-state index < -0.39 is 0 Å². The standard InChI is InChI=1S/C12H16N2O2/c1-8-10(3-5-16-8)12(15)14-6-9-2-4-13-11(9)7-14/h3,5,9,11,13H,2,4,6-7H2,1H3/t9-,11+/m1/s1. The number of furan rings is 1. The normalized spacial score (nSPS) is 28.4. The molecule has 3 rings (SSSR count). The zero-order chi connectivity index (χ0) is 11.1. The number of hydrogen-bond donors (Lipinski definition) is 1. The molecule has 0 saturated carbocycles. The van der Waals surface area contributed by atoms with Crippen LogP contribution in [0, 0.1) is 12.8 Å². The van der Waals surface area contributed by atoms with Gasteiger partial charge in [0.15, 0.2) is 0 Å². The molecule has 2 aliphatic heterocycles. The summed E-state index contributed by atoms with van der Waals surface area (Å²) in [6.45, 7) is 4.67. The van der Waals surface area contributed by atoms with Crippen LogP contribution in [0.15, 0.2) is 16.7 Å². The van der Waals surface area contributed by atoms with Gasteiger partial charge in [0.1, 0.15) is 5.76 Å². The van der Waals surface area contributed by atoms with Crippen molar-refractivity contribution < 1.29 is 9.21 Å². The summed E-state index contributed by atoms with van der Waals surface area (Å²) in [6, 6.07) is 2.27. The molecule has 2 fully saturated rings. The topological polar surface area (TPSA) is 45.5 Å². The van der Waals surface area contributed by atoms with E-state index >= 15 is 0 Å². The van der Waals surface area contributed by atoms with E-state index in [0.29, 0.717) is 17.5 Å². The van der Waals surface area contributed by atoms with Crippen LogP contribution in [-0.2, 0) is 0 Å². The highest BCUT2D eigenvalue weighted by molar-refractivity contribution is 5.95. The first-order valence-electron chi connectivity index (χ1n) is 5.82. The molecule has 86 valence electrons. The van der Waals surface area contributed by atoms with Crippen LogP contribution >= 0.6 is 0 Å². The third-order valence-electron chi connectivity index (χ3n) is 3.74. The SMILES string of the molecule is Cc1occc1C(=O)N1C[C@H]2CCN[C@H]2C1. The largest absolute Gasteiger partial charge is 0.469 e. The van der Waals surface area contributed by atoms with E-state index in [1.165, 1.54) is 6.42 Å². The number of fused-ring (bicyclic) bond motifs is 1. The first kappa shape index (κ1) is 9.90. The molecule has 4 nitrogen and oxygen atoms in total. The summed E-state index contributed by atoms with van der Waals surface area (Å²) in [4.78, 5) is 14.1. The lowest BCUT2D eigenvalue weighted by Gasteiger charge is -2.16. The van der Waals surface area contributed by atoms with E-state index in [1.807, 2.05) is 11.8 Å². The van der Waals surface area contributed by atoms with Gasteiger partial charge in [-0.2, -0.15) is 0 Å². The number of carbonyl (C=O) groups excluding carboxylic acids is 1. The monoisotopic (exact) mass is 220 g/mol. The van der Waals surface area contributed by atoms with Crippen LogP contribution in [0.4, 0.5) is 0 Å². The molecule has 0 spiro atoms. The maximum atomic E-state index is 12.2. The summed E-state index contributed by atoms with van der Waals surface area (Å²) in [7, 11) is 0. The molecule has 0 bridgehead atoms. The van der Waals surface area contributed by atoms with Crippen LogP contribution in [0.5, 0.6) is 0 Å². The lowest BCUT2D eigenvalue weighted by molar-refractivity contribution is 0.0781. The van der Waals surface area contributed by atoms with Crippen molar-refractivity contribution in [2.24, 2.45) is 5.92 Å². The first-order valence-corrected chi connectivity index (χ1v) is 5.82. The highest BCUT2D eigenvalue weighted by Gasteiger charge is 2.38. The molecule has 0 unspecified atom stereocenters. The van der Waals surface area contributed by atoms with Crippen molar-refractivity contribution in [1.29, 1.82) is 0 Å². The first-order chi connectivity index (χ1) is 7.75. The third-order valence-corrected chi connectivity index (χ3v) is 3.74. The van der Waals surface area contributed by atoms with Crippen LogP contribution in [0.25, 0.3) is 0 Å². The van der Waals surface area contributed by atoms with Gasteiger partial charge in [0.2, 0.25) is 0 Å². The Labute approximate surface area is 94.6 Å². The van der Waals surface area contributed by atoms with E-state index in [4.69, 9.17) is 4.42 Å². The van der Waals surface area contributed by atoms with Crippen LogP contribution in [0.1, 0.15) is 22.5 Å². The number of aryl methyl sites for hydroxylation is 1. The average molecular weight is 220 g/mol. The maximum absolute atomic E-state index is 12.2. The van der Waals surface area contributed by atoms with Gasteiger partial charge < -0.3 is 14.6 Å². The predicted molar refractivity (Wildman–Crippen MR) is 59.2 cm³/mol. The lowest BCUT2D eigenvalue weighted by atomic mass is 10.1. The van der Waals surface area contributed by atoms with Gasteiger partial charge in [-0.3, -0.25) is 4.79 Å². The molecular formula is C12H16N2O2. The average Bonchev–Trinajstić information content (AvgIpc) is 2.89. The second-order valence-corrected chi connectivity index (χ2v) is 4.71. The number of hydrogen-bond acceptors (Lipinski definition) is 3. The van der Waals surface area contributed by atoms with Crippen LogP contribution in [0.3, 0.4) is 0 Å². The summed E-state index contributed by atoms with van der Waals surface area (Å²) in [5.41, 5.74) is 0.708. The quantitative estimate of drug-likeness (QED) is 0.768. The zero-order valence-corrected chi connectivity index (χ0v) is 9.40. The highest BCUT2D eigenvalue weighted by Crippen LogP contribution is 2.26. The Morgan fingerprint density at radius 1 is 1.56 bits per heavy atom. The molecular weight excluding hydrogens is 204 g/mol. The van der Waals surface area contributed by atoms with E-state index in [1.54, 1.807) is 12.3 Å². The second-order valence-electron chi connectivity index (χ2n) is 4.71. The van der Waals surface area contributed by atoms with Crippen molar-refractivity contribution in [3.63, 3.8) is 0 Å². The van der Waals surface area contributed by atoms with Gasteiger partial charge in [-0.05, 0) is 31.9 Å². The minimum atomic E-state index is 0.113. The Bertz CT molecular complexity index is 401. The van der Waals surface area contributed by atoms with E-state index in [2.05, 4.69) is 5.32 Å². The lowest BCUT2D eigenvalue weighted by Crippen LogP contribution is -2.34.